The summed E-state index contributed by atoms with van der Waals surface area (Å²) >= 11 is 3.21. The van der Waals surface area contributed by atoms with Gasteiger partial charge in [-0.25, -0.2) is 17.9 Å². The van der Waals surface area contributed by atoms with E-state index in [1.165, 1.54) is 12.1 Å². The van der Waals surface area contributed by atoms with Gasteiger partial charge in [0.25, 0.3) is 0 Å². The summed E-state index contributed by atoms with van der Waals surface area (Å²) in [6, 6.07) is 2.53. The number of halogens is 1. The zero-order valence-corrected chi connectivity index (χ0v) is 13.8. The van der Waals surface area contributed by atoms with Crippen LogP contribution >= 0.6 is 15.9 Å². The zero-order chi connectivity index (χ0) is 15.3. The van der Waals surface area contributed by atoms with E-state index < -0.39 is 16.0 Å². The van der Waals surface area contributed by atoms with Crippen LogP contribution in [0.1, 0.15) is 36.2 Å². The van der Waals surface area contributed by atoms with Crippen LogP contribution in [-0.4, -0.2) is 25.5 Å². The van der Waals surface area contributed by atoms with Crippen molar-refractivity contribution in [3.63, 3.8) is 0 Å². The Balaban J connectivity index is 2.40. The standard InChI is InChI=1S/C13H16BrNO4S/c1-7-9(12(16)17)4-8(5-10(7)14)20(18,19)15-11-6-13(11,2)3/h4-5,11,15H,6H2,1-3H3,(H,16,17). The molecule has 0 heterocycles. The molecule has 1 aliphatic rings. The number of aromatic carboxylic acids is 1. The summed E-state index contributed by atoms with van der Waals surface area (Å²) in [5.74, 6) is -1.15. The van der Waals surface area contributed by atoms with Gasteiger partial charge in [0.2, 0.25) is 10.0 Å². The summed E-state index contributed by atoms with van der Waals surface area (Å²) < 4.78 is 27.6. The van der Waals surface area contributed by atoms with Crippen LogP contribution in [0.3, 0.4) is 0 Å². The van der Waals surface area contributed by atoms with Gasteiger partial charge in [0.1, 0.15) is 0 Å². The fourth-order valence-electron chi connectivity index (χ4n) is 1.95. The van der Waals surface area contributed by atoms with Crippen LogP contribution in [0.15, 0.2) is 21.5 Å². The van der Waals surface area contributed by atoms with Crippen molar-refractivity contribution in [3.05, 3.63) is 27.7 Å². The van der Waals surface area contributed by atoms with Gasteiger partial charge < -0.3 is 5.11 Å². The van der Waals surface area contributed by atoms with Crippen LogP contribution in [0.5, 0.6) is 0 Å². The Morgan fingerprint density at radius 3 is 2.45 bits per heavy atom. The highest BCUT2D eigenvalue weighted by Gasteiger charge is 2.47. The molecule has 1 aromatic carbocycles. The number of sulfonamides is 1. The van der Waals surface area contributed by atoms with Crippen LogP contribution in [0.4, 0.5) is 0 Å². The topological polar surface area (TPSA) is 83.5 Å². The number of carboxylic acids is 1. The first-order chi connectivity index (χ1) is 9.04. The number of carboxylic acid groups (broad SMARTS) is 1. The molecule has 0 aliphatic heterocycles. The van der Waals surface area contributed by atoms with Crippen molar-refractivity contribution >= 4 is 31.9 Å². The Morgan fingerprint density at radius 2 is 2.00 bits per heavy atom. The third-order valence-electron chi connectivity index (χ3n) is 3.67. The van der Waals surface area contributed by atoms with Gasteiger partial charge in [-0.3, -0.25) is 0 Å². The predicted molar refractivity (Wildman–Crippen MR) is 78.3 cm³/mol. The van der Waals surface area contributed by atoms with Crippen LogP contribution in [0.25, 0.3) is 0 Å². The second-order valence-corrected chi connectivity index (χ2v) is 8.32. The number of hydrogen-bond acceptors (Lipinski definition) is 3. The van der Waals surface area contributed by atoms with Crippen molar-refractivity contribution < 1.29 is 18.3 Å². The SMILES string of the molecule is Cc1c(Br)cc(S(=O)(=O)NC2CC2(C)C)cc1C(=O)O. The number of nitrogens with one attached hydrogen (secondary N) is 1. The molecule has 1 aromatic rings. The summed E-state index contributed by atoms with van der Waals surface area (Å²) in [7, 11) is -3.71. The average molecular weight is 362 g/mol. The van der Waals surface area contributed by atoms with Gasteiger partial charge in [-0.15, -0.1) is 0 Å². The minimum Gasteiger partial charge on any atom is -0.478 e. The molecule has 110 valence electrons. The number of benzene rings is 1. The molecule has 2 N–H and O–H groups in total. The van der Waals surface area contributed by atoms with Crippen LogP contribution in [0, 0.1) is 12.3 Å². The number of rotatable bonds is 4. The molecule has 1 unspecified atom stereocenters. The minimum absolute atomic E-state index is 0.0187. The molecule has 2 rings (SSSR count). The lowest BCUT2D eigenvalue weighted by molar-refractivity contribution is 0.0695. The van der Waals surface area contributed by atoms with E-state index >= 15 is 0 Å². The lowest BCUT2D eigenvalue weighted by Gasteiger charge is -2.11. The summed E-state index contributed by atoms with van der Waals surface area (Å²) in [6.07, 6.45) is 0.783. The molecule has 1 atom stereocenters. The van der Waals surface area contributed by atoms with Gasteiger partial charge in [-0.05, 0) is 36.5 Å². The molecule has 0 radical (unpaired) electrons. The van der Waals surface area contributed by atoms with Crippen molar-refractivity contribution in [1.29, 1.82) is 0 Å². The maximum Gasteiger partial charge on any atom is 0.336 e. The van der Waals surface area contributed by atoms with Gasteiger partial charge in [0, 0.05) is 10.5 Å². The first kappa shape index (κ1) is 15.5. The van der Waals surface area contributed by atoms with E-state index in [2.05, 4.69) is 20.7 Å². The molecule has 1 saturated carbocycles. The second kappa shape index (κ2) is 4.82. The van der Waals surface area contributed by atoms with Crippen LogP contribution in [-0.2, 0) is 10.0 Å². The summed E-state index contributed by atoms with van der Waals surface area (Å²) in [6.45, 7) is 5.59. The smallest absolute Gasteiger partial charge is 0.336 e. The molecule has 20 heavy (non-hydrogen) atoms. The molecule has 0 amide bonds. The van der Waals surface area contributed by atoms with E-state index in [0.717, 1.165) is 6.42 Å². The van der Waals surface area contributed by atoms with Crippen molar-refractivity contribution in [3.8, 4) is 0 Å². The van der Waals surface area contributed by atoms with E-state index in [-0.39, 0.29) is 21.9 Å². The third kappa shape index (κ3) is 2.89. The average Bonchev–Trinajstić information content (AvgIpc) is 2.87. The Kier molecular flexibility index (Phi) is 3.73. The van der Waals surface area contributed by atoms with E-state index in [4.69, 9.17) is 5.11 Å². The van der Waals surface area contributed by atoms with E-state index in [1.807, 2.05) is 13.8 Å². The highest BCUT2D eigenvalue weighted by molar-refractivity contribution is 9.10. The molecule has 0 aromatic heterocycles. The molecule has 5 nitrogen and oxygen atoms in total. The van der Waals surface area contributed by atoms with E-state index in [0.29, 0.717) is 10.0 Å². The summed E-state index contributed by atoms with van der Waals surface area (Å²) in [5, 5.41) is 9.12. The first-order valence-corrected chi connectivity index (χ1v) is 8.38. The zero-order valence-electron chi connectivity index (χ0n) is 11.4. The monoisotopic (exact) mass is 361 g/mol. The minimum atomic E-state index is -3.71. The summed E-state index contributed by atoms with van der Waals surface area (Å²) in [5.41, 5.74) is 0.447. The Labute approximate surface area is 126 Å². The fourth-order valence-corrected chi connectivity index (χ4v) is 4.03. The van der Waals surface area contributed by atoms with E-state index in [1.54, 1.807) is 6.92 Å². The molecule has 0 spiro atoms. The first-order valence-electron chi connectivity index (χ1n) is 6.10. The van der Waals surface area contributed by atoms with E-state index in [9.17, 15) is 13.2 Å². The molecule has 1 fully saturated rings. The molecular formula is C13H16BrNO4S. The van der Waals surface area contributed by atoms with Crippen molar-refractivity contribution in [2.45, 2.75) is 38.1 Å². The van der Waals surface area contributed by atoms with Crippen LogP contribution < -0.4 is 4.72 Å². The largest absolute Gasteiger partial charge is 0.478 e. The van der Waals surface area contributed by atoms with Crippen molar-refractivity contribution in [1.82, 2.24) is 4.72 Å². The maximum absolute atomic E-state index is 12.3. The van der Waals surface area contributed by atoms with Crippen molar-refractivity contribution in [2.24, 2.45) is 5.41 Å². The Hall–Kier alpha value is -0.920. The van der Waals surface area contributed by atoms with Crippen LogP contribution in [0.2, 0.25) is 0 Å². The Morgan fingerprint density at radius 1 is 1.45 bits per heavy atom. The van der Waals surface area contributed by atoms with Gasteiger partial charge >= 0.3 is 5.97 Å². The predicted octanol–water partition coefficient (Wildman–Crippen LogP) is 2.53. The molecule has 7 heteroatoms. The van der Waals surface area contributed by atoms with Gasteiger partial charge in [-0.2, -0.15) is 0 Å². The molecule has 0 bridgehead atoms. The summed E-state index contributed by atoms with van der Waals surface area (Å²) in [4.78, 5) is 11.1. The van der Waals surface area contributed by atoms with Gasteiger partial charge in [0.15, 0.2) is 0 Å². The number of carbonyl (C=O) groups is 1. The number of hydrogen-bond donors (Lipinski definition) is 2. The molecular weight excluding hydrogens is 346 g/mol. The Bertz CT molecular complexity index is 682. The maximum atomic E-state index is 12.3. The second-order valence-electron chi connectivity index (χ2n) is 5.75. The highest BCUT2D eigenvalue weighted by Crippen LogP contribution is 2.45. The fraction of sp³-hybridized carbons (Fsp3) is 0.462. The quantitative estimate of drug-likeness (QED) is 0.862. The van der Waals surface area contributed by atoms with Crippen molar-refractivity contribution in [2.75, 3.05) is 0 Å². The van der Waals surface area contributed by atoms with Gasteiger partial charge in [-0.1, -0.05) is 29.8 Å². The lowest BCUT2D eigenvalue weighted by atomic mass is 10.1. The van der Waals surface area contributed by atoms with Gasteiger partial charge in [0.05, 0.1) is 10.5 Å². The molecule has 0 saturated heterocycles. The third-order valence-corrected chi connectivity index (χ3v) is 5.94. The highest BCUT2D eigenvalue weighted by atomic mass is 79.9. The normalized spacial score (nSPS) is 20.7. The molecule has 1 aliphatic carbocycles. The lowest BCUT2D eigenvalue weighted by Crippen LogP contribution is -2.28.